The Morgan fingerprint density at radius 2 is 2.43 bits per heavy atom. The summed E-state index contributed by atoms with van der Waals surface area (Å²) in [6, 6.07) is 0. The third-order valence-corrected chi connectivity index (χ3v) is 2.65. The van der Waals surface area contributed by atoms with E-state index < -0.39 is 0 Å². The molecule has 1 heterocycles. The first-order valence-corrected chi connectivity index (χ1v) is 6.82. The number of aliphatic hydroxyl groups excluding tert-OH is 1. The summed E-state index contributed by atoms with van der Waals surface area (Å²) in [6.45, 7) is 5.06. The minimum Gasteiger partial charge on any atom is -0.508 e. The number of hydrogen-bond donors (Lipinski definition) is 4. The molecule has 1 aliphatic heterocycles. The van der Waals surface area contributed by atoms with Gasteiger partial charge in [0, 0.05) is 24.9 Å². The summed E-state index contributed by atoms with van der Waals surface area (Å²) in [4.78, 5) is 11.8. The van der Waals surface area contributed by atoms with Crippen molar-refractivity contribution in [3.63, 3.8) is 0 Å². The maximum Gasteiger partial charge on any atom is 0.270 e. The van der Waals surface area contributed by atoms with Gasteiger partial charge in [0.25, 0.3) is 5.91 Å². The highest BCUT2D eigenvalue weighted by Gasteiger charge is 2.16. The van der Waals surface area contributed by atoms with Crippen molar-refractivity contribution in [1.29, 1.82) is 0 Å². The summed E-state index contributed by atoms with van der Waals surface area (Å²) >= 11 is 0. The van der Waals surface area contributed by atoms with Crippen LogP contribution in [0, 0.1) is 0 Å². The molecule has 7 heteroatoms. The lowest BCUT2D eigenvalue weighted by atomic mass is 10.2. The molecule has 0 bridgehead atoms. The van der Waals surface area contributed by atoms with Gasteiger partial charge in [-0.1, -0.05) is 6.08 Å². The largest absolute Gasteiger partial charge is 0.508 e. The molecule has 0 fully saturated rings. The van der Waals surface area contributed by atoms with Crippen molar-refractivity contribution in [3.05, 3.63) is 35.8 Å². The van der Waals surface area contributed by atoms with E-state index in [0.717, 1.165) is 5.70 Å². The zero-order chi connectivity index (χ0) is 15.7. The lowest BCUT2D eigenvalue weighted by Gasteiger charge is -2.23. The fourth-order valence-corrected chi connectivity index (χ4v) is 1.71. The molecule has 0 aromatic rings. The third kappa shape index (κ3) is 6.62. The predicted molar refractivity (Wildman–Crippen MR) is 83.2 cm³/mol. The zero-order valence-electron chi connectivity index (χ0n) is 12.5. The molecular formula is C14H23N5O2. The number of amidine groups is 1. The number of aliphatic hydroxyl groups is 1. The molecule has 21 heavy (non-hydrogen) atoms. The van der Waals surface area contributed by atoms with E-state index >= 15 is 0 Å². The number of carbonyl (C=O) groups is 1. The van der Waals surface area contributed by atoms with Crippen molar-refractivity contribution in [2.75, 3.05) is 19.8 Å². The minimum atomic E-state index is -0.181. The van der Waals surface area contributed by atoms with Gasteiger partial charge in [-0.15, -0.1) is 0 Å². The van der Waals surface area contributed by atoms with Crippen molar-refractivity contribution in [1.82, 2.24) is 15.6 Å². The van der Waals surface area contributed by atoms with Gasteiger partial charge < -0.3 is 21.5 Å². The Morgan fingerprint density at radius 1 is 1.67 bits per heavy atom. The van der Waals surface area contributed by atoms with Crippen LogP contribution in [0.5, 0.6) is 0 Å². The molecule has 0 unspecified atom stereocenters. The second-order valence-corrected chi connectivity index (χ2v) is 4.57. The van der Waals surface area contributed by atoms with Crippen LogP contribution in [0.15, 0.2) is 40.9 Å². The summed E-state index contributed by atoms with van der Waals surface area (Å²) in [5.74, 6) is 0.399. The van der Waals surface area contributed by atoms with Crippen LogP contribution in [0.1, 0.15) is 20.3 Å². The third-order valence-electron chi connectivity index (χ3n) is 2.65. The summed E-state index contributed by atoms with van der Waals surface area (Å²) in [5, 5.41) is 20.8. The van der Waals surface area contributed by atoms with Gasteiger partial charge >= 0.3 is 0 Å². The van der Waals surface area contributed by atoms with Crippen LogP contribution in [-0.2, 0) is 4.79 Å². The molecule has 0 radical (unpaired) electrons. The average molecular weight is 293 g/mol. The molecule has 1 rings (SSSR count). The van der Waals surface area contributed by atoms with E-state index in [1.165, 1.54) is 11.1 Å². The van der Waals surface area contributed by atoms with Crippen LogP contribution >= 0.6 is 0 Å². The highest BCUT2D eigenvalue weighted by molar-refractivity contribution is 5.90. The molecule has 0 saturated heterocycles. The smallest absolute Gasteiger partial charge is 0.270 e. The van der Waals surface area contributed by atoms with Gasteiger partial charge in [0.15, 0.2) is 0 Å². The monoisotopic (exact) mass is 293 g/mol. The first-order valence-electron chi connectivity index (χ1n) is 6.82. The number of nitrogens with two attached hydrogens (primary N) is 1. The first-order chi connectivity index (χ1) is 10.0. The van der Waals surface area contributed by atoms with E-state index in [0.29, 0.717) is 32.0 Å². The van der Waals surface area contributed by atoms with Crippen molar-refractivity contribution >= 4 is 11.7 Å². The molecule has 1 aliphatic rings. The quantitative estimate of drug-likeness (QED) is 0.180. The normalized spacial score (nSPS) is 17.1. The summed E-state index contributed by atoms with van der Waals surface area (Å²) in [6.07, 6.45) is 7.30. The highest BCUT2D eigenvalue weighted by atomic mass is 16.3. The molecule has 0 spiro atoms. The molecule has 116 valence electrons. The zero-order valence-corrected chi connectivity index (χ0v) is 12.5. The number of hydrazone groups is 1. The van der Waals surface area contributed by atoms with E-state index in [1.54, 1.807) is 25.2 Å². The van der Waals surface area contributed by atoms with Crippen LogP contribution in [-0.4, -0.2) is 41.6 Å². The second-order valence-electron chi connectivity index (χ2n) is 4.57. The van der Waals surface area contributed by atoms with Gasteiger partial charge in [0.1, 0.15) is 18.3 Å². The molecule has 0 saturated carbocycles. The van der Waals surface area contributed by atoms with Crippen LogP contribution in [0.2, 0.25) is 0 Å². The Bertz CT molecular complexity index is 476. The van der Waals surface area contributed by atoms with Crippen molar-refractivity contribution < 1.29 is 9.90 Å². The average Bonchev–Trinajstić information content (AvgIpc) is 2.41. The lowest BCUT2D eigenvalue weighted by molar-refractivity contribution is -0.127. The first kappa shape index (κ1) is 16.8. The Balaban J connectivity index is 2.33. The number of rotatable bonds is 7. The van der Waals surface area contributed by atoms with Crippen LogP contribution in [0.25, 0.3) is 0 Å². The molecule has 5 N–H and O–H groups in total. The molecule has 1 amide bonds. The maximum atomic E-state index is 11.8. The van der Waals surface area contributed by atoms with Crippen LogP contribution in [0.3, 0.4) is 0 Å². The second kappa shape index (κ2) is 8.80. The number of amides is 1. The summed E-state index contributed by atoms with van der Waals surface area (Å²) in [5.41, 5.74) is 6.30. The van der Waals surface area contributed by atoms with Gasteiger partial charge in [-0.3, -0.25) is 4.79 Å². The number of allylic oxidation sites excluding steroid dienone is 2. The predicted octanol–water partition coefficient (Wildman–Crippen LogP) is 0.549. The van der Waals surface area contributed by atoms with E-state index in [1.807, 2.05) is 6.92 Å². The Morgan fingerprint density at radius 3 is 3.05 bits per heavy atom. The van der Waals surface area contributed by atoms with Crippen molar-refractivity contribution in [3.8, 4) is 0 Å². The molecule has 0 atom stereocenters. The van der Waals surface area contributed by atoms with E-state index in [2.05, 4.69) is 15.7 Å². The summed E-state index contributed by atoms with van der Waals surface area (Å²) < 4.78 is 0. The van der Waals surface area contributed by atoms with E-state index in [4.69, 9.17) is 5.73 Å². The van der Waals surface area contributed by atoms with Crippen LogP contribution < -0.4 is 16.4 Å². The van der Waals surface area contributed by atoms with Crippen LogP contribution in [0.4, 0.5) is 0 Å². The fraction of sp³-hybridized carbons (Fsp3) is 0.429. The minimum absolute atomic E-state index is 0.181. The van der Waals surface area contributed by atoms with Gasteiger partial charge in [-0.25, -0.2) is 5.01 Å². The molecular weight excluding hydrogens is 270 g/mol. The van der Waals surface area contributed by atoms with Crippen molar-refractivity contribution in [2.45, 2.75) is 20.3 Å². The van der Waals surface area contributed by atoms with Gasteiger partial charge in [-0.2, -0.15) is 5.10 Å². The fourth-order valence-electron chi connectivity index (χ4n) is 1.71. The topological polar surface area (TPSA) is 103 Å². The van der Waals surface area contributed by atoms with E-state index in [-0.39, 0.29) is 11.7 Å². The number of nitrogens with one attached hydrogen (secondary N) is 2. The standard InChI is InChI=1S/C14H23N5O2/c1-3-4-13(20)6-8-16-7-5-12-9-14(21)19(10-17-12)18-11(2)15/h3-4,6,9,16-17,20H,5,7-8,10H2,1-2H3,(H2,15,18)/b4-3-,13-6+. The lowest BCUT2D eigenvalue weighted by Crippen LogP contribution is -2.40. The summed E-state index contributed by atoms with van der Waals surface area (Å²) in [7, 11) is 0. The van der Waals surface area contributed by atoms with Gasteiger partial charge in [0.2, 0.25) is 0 Å². The molecule has 0 aromatic heterocycles. The Hall–Kier alpha value is -2.28. The van der Waals surface area contributed by atoms with Crippen molar-refractivity contribution in [2.24, 2.45) is 10.8 Å². The Labute approximate surface area is 124 Å². The maximum absolute atomic E-state index is 11.8. The van der Waals surface area contributed by atoms with Gasteiger partial charge in [0.05, 0.1) is 0 Å². The van der Waals surface area contributed by atoms with Gasteiger partial charge in [-0.05, 0) is 32.4 Å². The number of hydrogen-bond acceptors (Lipinski definition) is 5. The molecule has 0 aliphatic carbocycles. The Kier molecular flexibility index (Phi) is 7.03. The molecule has 7 nitrogen and oxygen atoms in total. The highest BCUT2D eigenvalue weighted by Crippen LogP contribution is 2.05. The van der Waals surface area contributed by atoms with E-state index in [9.17, 15) is 9.90 Å². The SMILES string of the molecule is C/C=C\C(O)=C/CNCCC1=CC(=O)N(/N=C(/C)N)CN1. The molecule has 0 aromatic carbocycles. The number of nitrogens with zero attached hydrogens (tertiary/aromatic N) is 2. The number of carbonyl (C=O) groups excluding carboxylic acids is 1.